The van der Waals surface area contributed by atoms with Crippen molar-refractivity contribution in [3.8, 4) is 0 Å². The van der Waals surface area contributed by atoms with Gasteiger partial charge in [-0.2, -0.15) is 0 Å². The molecule has 7 heteroatoms. The normalized spacial score (nSPS) is 19.2. The number of imide groups is 1. The summed E-state index contributed by atoms with van der Waals surface area (Å²) in [6, 6.07) is 12.3. The number of rotatable bonds is 4. The maximum atomic E-state index is 12.9. The third kappa shape index (κ3) is 3.73. The van der Waals surface area contributed by atoms with Crippen molar-refractivity contribution >= 4 is 39.5 Å². The minimum atomic E-state index is -1.22. The van der Waals surface area contributed by atoms with Crippen molar-refractivity contribution in [3.63, 3.8) is 0 Å². The number of hydrogen-bond acceptors (Lipinski definition) is 3. The summed E-state index contributed by atoms with van der Waals surface area (Å²) in [4.78, 5) is 38.7. The van der Waals surface area contributed by atoms with Gasteiger partial charge in [0.2, 0.25) is 5.91 Å². The van der Waals surface area contributed by atoms with Crippen LogP contribution in [0, 0.1) is 13.8 Å². The topological polar surface area (TPSA) is 78.5 Å². The number of benzene rings is 2. The van der Waals surface area contributed by atoms with Crippen LogP contribution in [0.3, 0.4) is 0 Å². The van der Waals surface area contributed by atoms with E-state index in [0.717, 1.165) is 16.0 Å². The number of nitrogens with one attached hydrogen (secondary N) is 2. The van der Waals surface area contributed by atoms with Crippen molar-refractivity contribution in [1.29, 1.82) is 0 Å². The van der Waals surface area contributed by atoms with Gasteiger partial charge in [0.15, 0.2) is 0 Å². The number of hydrogen-bond donors (Lipinski definition) is 2. The number of urea groups is 1. The van der Waals surface area contributed by atoms with E-state index in [2.05, 4.69) is 26.6 Å². The van der Waals surface area contributed by atoms with Crippen LogP contribution < -0.4 is 10.6 Å². The molecule has 1 atom stereocenters. The molecule has 0 radical (unpaired) electrons. The molecular weight excluding hydrogens is 410 g/mol. The number of carbonyl (C=O) groups is 3. The molecule has 0 spiro atoms. The Labute approximate surface area is 166 Å². The second kappa shape index (κ2) is 7.15. The highest BCUT2D eigenvalue weighted by Crippen LogP contribution is 2.33. The number of aryl methyl sites for hydroxylation is 2. The minimum Gasteiger partial charge on any atom is -0.325 e. The average Bonchev–Trinajstić information content (AvgIpc) is 2.78. The fourth-order valence-electron chi connectivity index (χ4n) is 3.28. The van der Waals surface area contributed by atoms with Crippen LogP contribution >= 0.6 is 15.9 Å². The SMILES string of the molecule is Cc1cc(C)cc(NC(=O)CN2C(=O)NC(C)(c3ccccc3Br)C2=O)c1. The molecule has 6 nitrogen and oxygen atoms in total. The molecule has 1 unspecified atom stereocenters. The van der Waals surface area contributed by atoms with Crippen LogP contribution in [0.4, 0.5) is 10.5 Å². The molecule has 3 rings (SSSR count). The number of halogens is 1. The quantitative estimate of drug-likeness (QED) is 0.730. The van der Waals surface area contributed by atoms with Gasteiger partial charge in [0, 0.05) is 15.7 Å². The van der Waals surface area contributed by atoms with Crippen LogP contribution in [-0.4, -0.2) is 29.3 Å². The first-order valence-electron chi connectivity index (χ1n) is 8.48. The first-order chi connectivity index (χ1) is 12.7. The molecule has 2 aromatic rings. The van der Waals surface area contributed by atoms with Crippen molar-refractivity contribution in [2.24, 2.45) is 0 Å². The molecule has 1 heterocycles. The Morgan fingerprint density at radius 1 is 1.15 bits per heavy atom. The van der Waals surface area contributed by atoms with Gasteiger partial charge in [-0.1, -0.05) is 40.2 Å². The zero-order valence-corrected chi connectivity index (χ0v) is 16.9. The fourth-order valence-corrected chi connectivity index (χ4v) is 3.96. The molecule has 4 amide bonds. The molecule has 1 saturated heterocycles. The Kier molecular flexibility index (Phi) is 5.06. The van der Waals surface area contributed by atoms with E-state index in [1.807, 2.05) is 38.1 Å². The standard InChI is InChI=1S/C20H20BrN3O3/c1-12-8-13(2)10-14(9-12)22-17(25)11-24-18(26)20(3,23-19(24)27)15-6-4-5-7-16(15)21/h4-10H,11H2,1-3H3,(H,22,25)(H,23,27). The molecule has 2 aromatic carbocycles. The van der Waals surface area contributed by atoms with Crippen LogP contribution in [0.5, 0.6) is 0 Å². The third-order valence-electron chi connectivity index (χ3n) is 4.49. The number of amides is 4. The van der Waals surface area contributed by atoms with E-state index in [1.54, 1.807) is 25.1 Å². The lowest BCUT2D eigenvalue weighted by atomic mass is 9.92. The van der Waals surface area contributed by atoms with Gasteiger partial charge in [0.1, 0.15) is 12.1 Å². The summed E-state index contributed by atoms with van der Waals surface area (Å²) < 4.78 is 0.711. The minimum absolute atomic E-state index is 0.350. The monoisotopic (exact) mass is 429 g/mol. The van der Waals surface area contributed by atoms with Gasteiger partial charge in [0.05, 0.1) is 0 Å². The maximum absolute atomic E-state index is 12.9. The van der Waals surface area contributed by atoms with Gasteiger partial charge in [-0.3, -0.25) is 14.5 Å². The zero-order chi connectivity index (χ0) is 19.8. The van der Waals surface area contributed by atoms with Crippen molar-refractivity contribution in [2.75, 3.05) is 11.9 Å². The highest BCUT2D eigenvalue weighted by molar-refractivity contribution is 9.10. The molecule has 0 saturated carbocycles. The van der Waals surface area contributed by atoms with E-state index in [0.29, 0.717) is 15.7 Å². The Balaban J connectivity index is 1.77. The molecular formula is C20H20BrN3O3. The number of anilines is 1. The summed E-state index contributed by atoms with van der Waals surface area (Å²) >= 11 is 3.42. The van der Waals surface area contributed by atoms with Crippen LogP contribution in [0.1, 0.15) is 23.6 Å². The van der Waals surface area contributed by atoms with E-state index >= 15 is 0 Å². The molecule has 27 heavy (non-hydrogen) atoms. The lowest BCUT2D eigenvalue weighted by molar-refractivity contribution is -0.133. The summed E-state index contributed by atoms with van der Waals surface area (Å²) in [7, 11) is 0. The van der Waals surface area contributed by atoms with Gasteiger partial charge in [0.25, 0.3) is 5.91 Å². The molecule has 140 valence electrons. The highest BCUT2D eigenvalue weighted by atomic mass is 79.9. The third-order valence-corrected chi connectivity index (χ3v) is 5.19. The summed E-state index contributed by atoms with van der Waals surface area (Å²) in [5.41, 5.74) is 2.08. The van der Waals surface area contributed by atoms with E-state index in [-0.39, 0.29) is 6.54 Å². The van der Waals surface area contributed by atoms with Crippen LogP contribution in [0.25, 0.3) is 0 Å². The lowest BCUT2D eigenvalue weighted by Gasteiger charge is -2.23. The van der Waals surface area contributed by atoms with E-state index in [9.17, 15) is 14.4 Å². The Morgan fingerprint density at radius 3 is 2.41 bits per heavy atom. The van der Waals surface area contributed by atoms with Crippen LogP contribution in [0.2, 0.25) is 0 Å². The Bertz CT molecular complexity index is 924. The zero-order valence-electron chi connectivity index (χ0n) is 15.3. The van der Waals surface area contributed by atoms with Crippen molar-refractivity contribution in [1.82, 2.24) is 10.2 Å². The van der Waals surface area contributed by atoms with Gasteiger partial charge >= 0.3 is 6.03 Å². The summed E-state index contributed by atoms with van der Waals surface area (Å²) in [5.74, 6) is -0.894. The molecule has 0 aliphatic carbocycles. The van der Waals surface area contributed by atoms with Gasteiger partial charge < -0.3 is 10.6 Å². The summed E-state index contributed by atoms with van der Waals surface area (Å²) in [6.07, 6.45) is 0. The Morgan fingerprint density at radius 2 is 1.78 bits per heavy atom. The largest absolute Gasteiger partial charge is 0.325 e. The van der Waals surface area contributed by atoms with Crippen molar-refractivity contribution in [2.45, 2.75) is 26.3 Å². The molecule has 1 fully saturated rings. The molecule has 1 aliphatic rings. The predicted molar refractivity (Wildman–Crippen MR) is 106 cm³/mol. The van der Waals surface area contributed by atoms with Gasteiger partial charge in [-0.05, 0) is 50.1 Å². The maximum Gasteiger partial charge on any atom is 0.325 e. The molecule has 0 aromatic heterocycles. The number of carbonyl (C=O) groups excluding carboxylic acids is 3. The van der Waals surface area contributed by atoms with Crippen LogP contribution in [0.15, 0.2) is 46.9 Å². The lowest BCUT2D eigenvalue weighted by Crippen LogP contribution is -2.42. The second-order valence-corrected chi connectivity index (χ2v) is 7.71. The van der Waals surface area contributed by atoms with Crippen molar-refractivity contribution in [3.05, 3.63) is 63.6 Å². The second-order valence-electron chi connectivity index (χ2n) is 6.85. The molecule has 1 aliphatic heterocycles. The van der Waals surface area contributed by atoms with Crippen LogP contribution in [-0.2, 0) is 15.1 Å². The average molecular weight is 430 g/mol. The summed E-state index contributed by atoms with van der Waals surface area (Å²) in [6.45, 7) is 5.15. The highest BCUT2D eigenvalue weighted by Gasteiger charge is 2.50. The number of nitrogens with zero attached hydrogens (tertiary/aromatic N) is 1. The molecule has 0 bridgehead atoms. The fraction of sp³-hybridized carbons (Fsp3) is 0.250. The van der Waals surface area contributed by atoms with E-state index in [1.165, 1.54) is 0 Å². The summed E-state index contributed by atoms with van der Waals surface area (Å²) in [5, 5.41) is 5.45. The first-order valence-corrected chi connectivity index (χ1v) is 9.27. The Hall–Kier alpha value is -2.67. The van der Waals surface area contributed by atoms with Gasteiger partial charge in [-0.25, -0.2) is 4.79 Å². The first kappa shape index (κ1) is 19.1. The molecule has 2 N–H and O–H groups in total. The van der Waals surface area contributed by atoms with Gasteiger partial charge in [-0.15, -0.1) is 0 Å². The van der Waals surface area contributed by atoms with Crippen molar-refractivity contribution < 1.29 is 14.4 Å². The predicted octanol–water partition coefficient (Wildman–Crippen LogP) is 3.47. The van der Waals surface area contributed by atoms with E-state index < -0.39 is 23.4 Å². The van der Waals surface area contributed by atoms with E-state index in [4.69, 9.17) is 0 Å². The smallest absolute Gasteiger partial charge is 0.325 e.